The molecular weight excluding hydrogens is 476 g/mol. The van der Waals surface area contributed by atoms with E-state index in [0.717, 1.165) is 43.9 Å². The Morgan fingerprint density at radius 2 is 1.55 bits per heavy atom. The van der Waals surface area contributed by atoms with Crippen molar-refractivity contribution in [1.29, 1.82) is 0 Å². The second-order valence-electron chi connectivity index (χ2n) is 9.54. The smallest absolute Gasteiger partial charge is 0.411 e. The predicted octanol–water partition coefficient (Wildman–Crippen LogP) is 5.25. The van der Waals surface area contributed by atoms with Gasteiger partial charge in [-0.1, -0.05) is 54.6 Å². The fraction of sp³-hybridized carbons (Fsp3) is 0.355. The van der Waals surface area contributed by atoms with Crippen molar-refractivity contribution in [3.63, 3.8) is 0 Å². The van der Waals surface area contributed by atoms with Crippen molar-refractivity contribution < 1.29 is 14.3 Å². The maximum atomic E-state index is 12.9. The van der Waals surface area contributed by atoms with Crippen LogP contribution >= 0.6 is 0 Å². The van der Waals surface area contributed by atoms with Crippen molar-refractivity contribution in [2.75, 3.05) is 51.7 Å². The van der Waals surface area contributed by atoms with Crippen LogP contribution in [0.5, 0.6) is 0 Å². The Hall–Kier alpha value is -3.68. The number of nitrogens with one attached hydrogen (secondary N) is 1. The topological polar surface area (TPSA) is 65.1 Å². The van der Waals surface area contributed by atoms with Crippen LogP contribution in [0, 0.1) is 0 Å². The van der Waals surface area contributed by atoms with E-state index in [1.165, 1.54) is 12.7 Å². The normalized spacial score (nSPS) is 15.0. The largest absolute Gasteiger partial charge is 0.453 e. The molecule has 3 aromatic rings. The van der Waals surface area contributed by atoms with E-state index in [4.69, 9.17) is 4.74 Å². The van der Waals surface area contributed by atoms with Gasteiger partial charge in [0, 0.05) is 57.1 Å². The number of amides is 2. The highest BCUT2D eigenvalue weighted by Gasteiger charge is 2.27. The Bertz CT molecular complexity index is 1190. The molecule has 2 amide bonds. The molecule has 1 atom stereocenters. The van der Waals surface area contributed by atoms with E-state index in [2.05, 4.69) is 63.6 Å². The maximum absolute atomic E-state index is 12.9. The van der Waals surface area contributed by atoms with Crippen LogP contribution in [-0.2, 0) is 11.3 Å². The molecular formula is C31H38N4O3. The minimum Gasteiger partial charge on any atom is -0.453 e. The lowest BCUT2D eigenvalue weighted by Gasteiger charge is -2.40. The number of carbonyl (C=O) groups is 2. The molecule has 1 aliphatic heterocycles. The molecule has 1 saturated heterocycles. The molecule has 0 aliphatic carbocycles. The summed E-state index contributed by atoms with van der Waals surface area (Å²) in [5, 5.41) is 2.79. The highest BCUT2D eigenvalue weighted by atomic mass is 16.5. The Balaban J connectivity index is 1.58. The highest BCUT2D eigenvalue weighted by molar-refractivity contribution is 5.94. The summed E-state index contributed by atoms with van der Waals surface area (Å²) < 4.78 is 4.79. The van der Waals surface area contributed by atoms with Gasteiger partial charge in [-0.25, -0.2) is 4.79 Å². The summed E-state index contributed by atoms with van der Waals surface area (Å²) >= 11 is 0. The molecule has 7 heteroatoms. The molecule has 0 aromatic heterocycles. The predicted molar refractivity (Wildman–Crippen MR) is 151 cm³/mol. The fourth-order valence-electron chi connectivity index (χ4n) is 5.09. The van der Waals surface area contributed by atoms with Gasteiger partial charge in [-0.05, 0) is 54.8 Å². The average Bonchev–Trinajstić information content (AvgIpc) is 2.96. The van der Waals surface area contributed by atoms with Crippen LogP contribution in [0.2, 0.25) is 0 Å². The molecule has 0 spiro atoms. The molecule has 3 aromatic carbocycles. The maximum Gasteiger partial charge on any atom is 0.411 e. The first-order chi connectivity index (χ1) is 18.5. The summed E-state index contributed by atoms with van der Waals surface area (Å²) in [5.41, 5.74) is 4.92. The summed E-state index contributed by atoms with van der Waals surface area (Å²) in [6.45, 7) is 10.1. The fourth-order valence-corrected chi connectivity index (χ4v) is 5.09. The third kappa shape index (κ3) is 6.79. The molecule has 1 N–H and O–H groups in total. The number of rotatable bonds is 9. The van der Waals surface area contributed by atoms with E-state index < -0.39 is 6.09 Å². The van der Waals surface area contributed by atoms with Crippen LogP contribution in [0.1, 0.15) is 46.9 Å². The van der Waals surface area contributed by atoms with E-state index in [1.807, 2.05) is 49.1 Å². The third-order valence-electron chi connectivity index (χ3n) is 7.18. The molecule has 0 saturated carbocycles. The van der Waals surface area contributed by atoms with Crippen LogP contribution in [0.3, 0.4) is 0 Å². The third-order valence-corrected chi connectivity index (χ3v) is 7.18. The molecule has 1 unspecified atom stereocenters. The lowest BCUT2D eigenvalue weighted by atomic mass is 9.94. The monoisotopic (exact) mass is 514 g/mol. The number of carbonyl (C=O) groups excluding carboxylic acids is 2. The number of methoxy groups -OCH3 is 1. The first-order valence-electron chi connectivity index (χ1n) is 13.4. The van der Waals surface area contributed by atoms with Crippen molar-refractivity contribution in [2.45, 2.75) is 26.4 Å². The Kier molecular flexibility index (Phi) is 9.51. The zero-order valence-corrected chi connectivity index (χ0v) is 22.6. The van der Waals surface area contributed by atoms with Crippen LogP contribution < -0.4 is 5.32 Å². The standard InChI is InChI=1S/C31H38N4O3/c1-4-34(5-2)30(36)26-16-14-25(15-17-26)29(27-12-9-13-28(22-27)32-31(37)38-3)35-20-18-33(19-21-35)23-24-10-7-6-8-11-24/h6-17,22,29H,4-5,18-21,23H2,1-3H3,(H,32,37). The van der Waals surface area contributed by atoms with E-state index >= 15 is 0 Å². The minimum atomic E-state index is -0.493. The van der Waals surface area contributed by atoms with Gasteiger partial charge >= 0.3 is 6.09 Å². The number of hydrogen-bond acceptors (Lipinski definition) is 5. The minimum absolute atomic E-state index is 0.00845. The average molecular weight is 515 g/mol. The molecule has 1 heterocycles. The van der Waals surface area contributed by atoms with E-state index in [0.29, 0.717) is 24.3 Å². The van der Waals surface area contributed by atoms with Crippen molar-refractivity contribution in [1.82, 2.24) is 14.7 Å². The van der Waals surface area contributed by atoms with Crippen LogP contribution in [0.4, 0.5) is 10.5 Å². The number of nitrogens with zero attached hydrogens (tertiary/aromatic N) is 3. The molecule has 0 radical (unpaired) electrons. The SMILES string of the molecule is CCN(CC)C(=O)c1ccc(C(c2cccc(NC(=O)OC)c2)N2CCN(Cc3ccccc3)CC2)cc1. The number of piperazine rings is 1. The van der Waals surface area contributed by atoms with Gasteiger partial charge < -0.3 is 9.64 Å². The lowest BCUT2D eigenvalue weighted by Crippen LogP contribution is -2.47. The summed E-state index contributed by atoms with van der Waals surface area (Å²) in [7, 11) is 1.36. The van der Waals surface area contributed by atoms with Crippen LogP contribution in [0.15, 0.2) is 78.9 Å². The second-order valence-corrected chi connectivity index (χ2v) is 9.54. The number of hydrogen-bond donors (Lipinski definition) is 1. The van der Waals surface area contributed by atoms with Gasteiger partial charge in [0.15, 0.2) is 0 Å². The quantitative estimate of drug-likeness (QED) is 0.422. The van der Waals surface area contributed by atoms with Gasteiger partial charge in [-0.2, -0.15) is 0 Å². The molecule has 38 heavy (non-hydrogen) atoms. The van der Waals surface area contributed by atoms with Crippen molar-refractivity contribution in [3.05, 3.63) is 101 Å². The molecule has 0 bridgehead atoms. The molecule has 1 aliphatic rings. The van der Waals surface area contributed by atoms with Crippen molar-refractivity contribution in [2.24, 2.45) is 0 Å². The zero-order valence-electron chi connectivity index (χ0n) is 22.6. The second kappa shape index (κ2) is 13.2. The van der Waals surface area contributed by atoms with Gasteiger partial charge in [0.1, 0.15) is 0 Å². The zero-order chi connectivity index (χ0) is 26.9. The first-order valence-corrected chi connectivity index (χ1v) is 13.4. The van der Waals surface area contributed by atoms with Gasteiger partial charge in [0.05, 0.1) is 13.2 Å². The van der Waals surface area contributed by atoms with Crippen molar-refractivity contribution in [3.8, 4) is 0 Å². The van der Waals surface area contributed by atoms with E-state index in [9.17, 15) is 9.59 Å². The number of benzene rings is 3. The van der Waals surface area contributed by atoms with Gasteiger partial charge in [-0.15, -0.1) is 0 Å². The lowest BCUT2D eigenvalue weighted by molar-refractivity contribution is 0.0772. The Morgan fingerprint density at radius 1 is 0.868 bits per heavy atom. The summed E-state index contributed by atoms with van der Waals surface area (Å²) in [4.78, 5) is 31.5. The van der Waals surface area contributed by atoms with Gasteiger partial charge in [-0.3, -0.25) is 19.9 Å². The summed E-state index contributed by atoms with van der Waals surface area (Å²) in [6, 6.07) is 26.5. The number of ether oxygens (including phenoxy) is 1. The first kappa shape index (κ1) is 27.4. The number of anilines is 1. The van der Waals surface area contributed by atoms with E-state index in [-0.39, 0.29) is 11.9 Å². The van der Waals surface area contributed by atoms with Gasteiger partial charge in [0.2, 0.25) is 0 Å². The van der Waals surface area contributed by atoms with E-state index in [1.54, 1.807) is 0 Å². The van der Waals surface area contributed by atoms with Crippen molar-refractivity contribution >= 4 is 17.7 Å². The van der Waals surface area contributed by atoms with Crippen LogP contribution in [0.25, 0.3) is 0 Å². The summed E-state index contributed by atoms with van der Waals surface area (Å²) in [6.07, 6.45) is -0.493. The molecule has 4 rings (SSSR count). The molecule has 1 fully saturated rings. The Morgan fingerprint density at radius 3 is 2.18 bits per heavy atom. The summed E-state index contributed by atoms with van der Waals surface area (Å²) in [5.74, 6) is 0.0527. The van der Waals surface area contributed by atoms with Crippen LogP contribution in [-0.4, -0.2) is 73.1 Å². The highest BCUT2D eigenvalue weighted by Crippen LogP contribution is 2.32. The molecule has 7 nitrogen and oxygen atoms in total. The molecule has 200 valence electrons. The van der Waals surface area contributed by atoms with Gasteiger partial charge in [0.25, 0.3) is 5.91 Å². The Labute approximate surface area is 226 Å².